The molecule has 0 spiro atoms. The van der Waals surface area contributed by atoms with Gasteiger partial charge in [0.05, 0.1) is 6.42 Å². The van der Waals surface area contributed by atoms with Gasteiger partial charge in [0.1, 0.15) is 0 Å². The minimum absolute atomic E-state index is 0.0319. The summed E-state index contributed by atoms with van der Waals surface area (Å²) in [5, 5.41) is 8.91. The lowest BCUT2D eigenvalue weighted by molar-refractivity contribution is -0.136. The number of carbonyl (C=O) groups is 1. The standard InChI is InChI=1S/C11H14N2O3S/c1-7(6-9(14)15)17-10-11(16)13(5-4-12-10)8-2-3-8/h4-5,7-8H,2-3,6H2,1H3,(H,14,15). The van der Waals surface area contributed by atoms with Gasteiger partial charge < -0.3 is 9.67 Å². The van der Waals surface area contributed by atoms with Gasteiger partial charge in [-0.2, -0.15) is 0 Å². The molecule has 1 aliphatic carbocycles. The van der Waals surface area contributed by atoms with E-state index in [2.05, 4.69) is 4.98 Å². The Labute approximate surface area is 103 Å². The Bertz CT molecular complexity index is 482. The van der Waals surface area contributed by atoms with Crippen molar-refractivity contribution in [2.24, 2.45) is 0 Å². The molecule has 0 aromatic carbocycles. The summed E-state index contributed by atoms with van der Waals surface area (Å²) >= 11 is 1.23. The van der Waals surface area contributed by atoms with E-state index >= 15 is 0 Å². The van der Waals surface area contributed by atoms with Gasteiger partial charge in [-0.15, -0.1) is 0 Å². The fourth-order valence-electron chi connectivity index (χ4n) is 1.61. The zero-order valence-corrected chi connectivity index (χ0v) is 10.3. The third-order valence-corrected chi connectivity index (χ3v) is 3.62. The van der Waals surface area contributed by atoms with E-state index in [1.807, 2.05) is 0 Å². The van der Waals surface area contributed by atoms with Crippen molar-refractivity contribution >= 4 is 17.7 Å². The van der Waals surface area contributed by atoms with Gasteiger partial charge in [0, 0.05) is 23.7 Å². The van der Waals surface area contributed by atoms with Crippen LogP contribution in [0.2, 0.25) is 0 Å². The van der Waals surface area contributed by atoms with Crippen LogP contribution in [0.1, 0.15) is 32.2 Å². The normalized spacial score (nSPS) is 16.8. The first-order chi connectivity index (χ1) is 8.08. The molecule has 0 aliphatic heterocycles. The van der Waals surface area contributed by atoms with Crippen molar-refractivity contribution in [1.29, 1.82) is 0 Å². The molecule has 2 rings (SSSR count). The van der Waals surface area contributed by atoms with E-state index in [0.29, 0.717) is 11.1 Å². The second-order valence-electron chi connectivity index (χ2n) is 4.20. The predicted octanol–water partition coefficient (Wildman–Crippen LogP) is 1.53. The van der Waals surface area contributed by atoms with E-state index in [9.17, 15) is 9.59 Å². The molecule has 1 saturated carbocycles. The van der Waals surface area contributed by atoms with Crippen LogP contribution in [0.4, 0.5) is 0 Å². The molecule has 0 radical (unpaired) electrons. The quantitative estimate of drug-likeness (QED) is 0.807. The molecule has 0 saturated heterocycles. The Morgan fingerprint density at radius 3 is 3.00 bits per heavy atom. The van der Waals surface area contributed by atoms with Crippen molar-refractivity contribution in [3.63, 3.8) is 0 Å². The summed E-state index contributed by atoms with van der Waals surface area (Å²) in [4.78, 5) is 26.6. The van der Waals surface area contributed by atoms with E-state index in [1.165, 1.54) is 11.8 Å². The third-order valence-electron chi connectivity index (χ3n) is 2.55. The topological polar surface area (TPSA) is 72.2 Å². The largest absolute Gasteiger partial charge is 0.481 e. The summed E-state index contributed by atoms with van der Waals surface area (Å²) in [6.07, 6.45) is 5.42. The Hall–Kier alpha value is -1.30. The van der Waals surface area contributed by atoms with Crippen LogP contribution in [0.25, 0.3) is 0 Å². The highest BCUT2D eigenvalue weighted by Gasteiger charge is 2.25. The van der Waals surface area contributed by atoms with Gasteiger partial charge in [-0.3, -0.25) is 9.59 Å². The molecule has 1 aromatic heterocycles. The number of nitrogens with zero attached hydrogens (tertiary/aromatic N) is 2. The van der Waals surface area contributed by atoms with Crippen LogP contribution in [-0.2, 0) is 4.79 Å². The average molecular weight is 254 g/mol. The summed E-state index contributed by atoms with van der Waals surface area (Å²) < 4.78 is 1.70. The average Bonchev–Trinajstić information content (AvgIpc) is 3.03. The van der Waals surface area contributed by atoms with Crippen molar-refractivity contribution in [1.82, 2.24) is 9.55 Å². The monoisotopic (exact) mass is 254 g/mol. The second-order valence-corrected chi connectivity index (χ2v) is 5.63. The minimum atomic E-state index is -0.858. The zero-order chi connectivity index (χ0) is 12.4. The number of hydrogen-bond donors (Lipinski definition) is 1. The molecule has 92 valence electrons. The molecule has 1 atom stereocenters. The summed E-state index contributed by atoms with van der Waals surface area (Å²) in [7, 11) is 0. The maximum atomic E-state index is 12.0. The van der Waals surface area contributed by atoms with Crippen molar-refractivity contribution in [2.45, 2.75) is 42.5 Å². The van der Waals surface area contributed by atoms with Crippen molar-refractivity contribution < 1.29 is 9.90 Å². The molecule has 1 fully saturated rings. The van der Waals surface area contributed by atoms with Gasteiger partial charge in [-0.25, -0.2) is 4.98 Å². The van der Waals surface area contributed by atoms with Gasteiger partial charge >= 0.3 is 5.97 Å². The summed E-state index contributed by atoms with van der Waals surface area (Å²) in [6.45, 7) is 1.79. The first kappa shape index (κ1) is 12.2. The van der Waals surface area contributed by atoms with Crippen LogP contribution in [0.5, 0.6) is 0 Å². The number of carboxylic acids is 1. The van der Waals surface area contributed by atoms with Crippen molar-refractivity contribution in [3.8, 4) is 0 Å². The van der Waals surface area contributed by atoms with Gasteiger partial charge in [-0.1, -0.05) is 18.7 Å². The number of thioether (sulfide) groups is 1. The van der Waals surface area contributed by atoms with Crippen molar-refractivity contribution in [2.75, 3.05) is 0 Å². The van der Waals surface area contributed by atoms with Gasteiger partial charge in [0.15, 0.2) is 5.03 Å². The molecule has 1 N–H and O–H groups in total. The summed E-state index contributed by atoms with van der Waals surface area (Å²) in [5.74, 6) is -0.858. The lowest BCUT2D eigenvalue weighted by atomic mass is 10.3. The molecule has 1 heterocycles. The molecule has 5 nitrogen and oxygen atoms in total. The first-order valence-electron chi connectivity index (χ1n) is 5.53. The predicted molar refractivity (Wildman–Crippen MR) is 64.3 cm³/mol. The van der Waals surface area contributed by atoms with Gasteiger partial charge in [0.25, 0.3) is 5.56 Å². The summed E-state index contributed by atoms with van der Waals surface area (Å²) in [5.41, 5.74) is -0.0998. The molecule has 0 bridgehead atoms. The molecule has 0 amide bonds. The number of aliphatic carboxylic acids is 1. The van der Waals surface area contributed by atoms with Crippen molar-refractivity contribution in [3.05, 3.63) is 22.7 Å². The number of carboxylic acid groups (broad SMARTS) is 1. The van der Waals surface area contributed by atoms with Crippen LogP contribution in [0.3, 0.4) is 0 Å². The van der Waals surface area contributed by atoms with Crippen LogP contribution in [0, 0.1) is 0 Å². The Morgan fingerprint density at radius 1 is 1.71 bits per heavy atom. The van der Waals surface area contributed by atoms with Crippen LogP contribution in [0.15, 0.2) is 22.2 Å². The maximum Gasteiger partial charge on any atom is 0.304 e. The smallest absolute Gasteiger partial charge is 0.304 e. The second kappa shape index (κ2) is 4.91. The van der Waals surface area contributed by atoms with E-state index in [0.717, 1.165) is 12.8 Å². The minimum Gasteiger partial charge on any atom is -0.481 e. The van der Waals surface area contributed by atoms with Gasteiger partial charge in [-0.05, 0) is 12.8 Å². The molecular weight excluding hydrogens is 240 g/mol. The Kier molecular flexibility index (Phi) is 3.51. The van der Waals surface area contributed by atoms with Gasteiger partial charge in [0.2, 0.25) is 0 Å². The van der Waals surface area contributed by atoms with E-state index in [4.69, 9.17) is 5.11 Å². The molecule has 1 unspecified atom stereocenters. The highest BCUT2D eigenvalue weighted by atomic mass is 32.2. The molecular formula is C11H14N2O3S. The highest BCUT2D eigenvalue weighted by Crippen LogP contribution is 2.33. The fourth-order valence-corrected chi connectivity index (χ4v) is 2.54. The molecule has 17 heavy (non-hydrogen) atoms. The first-order valence-corrected chi connectivity index (χ1v) is 6.41. The highest BCUT2D eigenvalue weighted by molar-refractivity contribution is 7.99. The van der Waals surface area contributed by atoms with E-state index in [1.54, 1.807) is 23.9 Å². The Balaban J connectivity index is 2.13. The Morgan fingerprint density at radius 2 is 2.41 bits per heavy atom. The SMILES string of the molecule is CC(CC(=O)O)Sc1nccn(C2CC2)c1=O. The van der Waals surface area contributed by atoms with Crippen LogP contribution in [-0.4, -0.2) is 25.9 Å². The van der Waals surface area contributed by atoms with E-state index in [-0.39, 0.29) is 17.2 Å². The summed E-state index contributed by atoms with van der Waals surface area (Å²) in [6, 6.07) is 0.319. The lowest BCUT2D eigenvalue weighted by Gasteiger charge is -2.09. The van der Waals surface area contributed by atoms with E-state index < -0.39 is 5.97 Å². The van der Waals surface area contributed by atoms with Crippen LogP contribution < -0.4 is 5.56 Å². The zero-order valence-electron chi connectivity index (χ0n) is 9.50. The fraction of sp³-hybridized carbons (Fsp3) is 0.545. The number of rotatable bonds is 5. The number of hydrogen-bond acceptors (Lipinski definition) is 4. The molecule has 1 aromatic rings. The third kappa shape index (κ3) is 3.09. The maximum absolute atomic E-state index is 12.0. The lowest BCUT2D eigenvalue weighted by Crippen LogP contribution is -2.22. The molecule has 1 aliphatic rings. The molecule has 6 heteroatoms. The van der Waals surface area contributed by atoms with Crippen LogP contribution >= 0.6 is 11.8 Å². The number of aromatic nitrogens is 2.